The van der Waals surface area contributed by atoms with Crippen molar-refractivity contribution in [1.82, 2.24) is 0 Å². The van der Waals surface area contributed by atoms with Crippen molar-refractivity contribution in [3.8, 4) is 6.07 Å². The van der Waals surface area contributed by atoms with E-state index in [1.165, 1.54) is 0 Å². The molecule has 0 amide bonds. The molecule has 0 aromatic carbocycles. The SMILES string of the molecule is CCC(=O)/C(C#N)=C(/C)N. The third-order valence-electron chi connectivity index (χ3n) is 1.11. The third-order valence-corrected chi connectivity index (χ3v) is 1.11. The van der Waals surface area contributed by atoms with Crippen molar-refractivity contribution in [2.24, 2.45) is 5.73 Å². The van der Waals surface area contributed by atoms with Crippen molar-refractivity contribution >= 4 is 5.78 Å². The Hall–Kier alpha value is -1.30. The molecule has 0 saturated heterocycles. The summed E-state index contributed by atoms with van der Waals surface area (Å²) in [5.74, 6) is -0.192. The Kier molecular flexibility index (Phi) is 3.20. The lowest BCUT2D eigenvalue weighted by Gasteiger charge is -1.94. The number of nitrogens with two attached hydrogens (primary N) is 1. The van der Waals surface area contributed by atoms with Crippen LogP contribution in [0.15, 0.2) is 11.3 Å². The van der Waals surface area contributed by atoms with Gasteiger partial charge in [-0.25, -0.2) is 0 Å². The molecule has 0 fully saturated rings. The smallest absolute Gasteiger partial charge is 0.174 e. The molecule has 0 aromatic heterocycles. The number of Topliss-reactive ketones (excluding diaryl/α,β-unsaturated/α-hetero) is 1. The van der Waals surface area contributed by atoms with E-state index in [4.69, 9.17) is 11.0 Å². The third kappa shape index (κ3) is 1.90. The van der Waals surface area contributed by atoms with E-state index in [1.54, 1.807) is 19.9 Å². The normalized spacial score (nSPS) is 11.7. The molecule has 0 radical (unpaired) electrons. The van der Waals surface area contributed by atoms with E-state index in [9.17, 15) is 4.79 Å². The number of ketones is 1. The summed E-state index contributed by atoms with van der Waals surface area (Å²) >= 11 is 0. The summed E-state index contributed by atoms with van der Waals surface area (Å²) in [6.07, 6.45) is 0.331. The first-order valence-electron chi connectivity index (χ1n) is 3.03. The average Bonchev–Trinajstić information content (AvgIpc) is 1.88. The number of carbonyl (C=O) groups excluding carboxylic acids is 1. The van der Waals surface area contributed by atoms with Gasteiger partial charge in [-0.2, -0.15) is 5.26 Å². The Morgan fingerprint density at radius 3 is 2.30 bits per heavy atom. The summed E-state index contributed by atoms with van der Waals surface area (Å²) in [5.41, 5.74) is 5.65. The number of nitriles is 1. The van der Waals surface area contributed by atoms with Crippen molar-refractivity contribution < 1.29 is 4.79 Å². The molecule has 10 heavy (non-hydrogen) atoms. The van der Waals surface area contributed by atoms with Gasteiger partial charge in [-0.3, -0.25) is 4.79 Å². The lowest BCUT2D eigenvalue weighted by Crippen LogP contribution is -2.06. The second-order valence-electron chi connectivity index (χ2n) is 1.95. The summed E-state index contributed by atoms with van der Waals surface area (Å²) in [4.78, 5) is 10.8. The molecule has 0 saturated carbocycles. The maximum absolute atomic E-state index is 10.8. The summed E-state index contributed by atoms with van der Waals surface area (Å²) in [6.45, 7) is 3.24. The number of carbonyl (C=O) groups is 1. The first kappa shape index (κ1) is 8.70. The Morgan fingerprint density at radius 2 is 2.20 bits per heavy atom. The Bertz CT molecular complexity index is 206. The van der Waals surface area contributed by atoms with Crippen molar-refractivity contribution in [3.63, 3.8) is 0 Å². The zero-order chi connectivity index (χ0) is 8.15. The van der Waals surface area contributed by atoms with Crippen molar-refractivity contribution in [2.45, 2.75) is 20.3 Å². The molecule has 2 N–H and O–H groups in total. The molecule has 0 atom stereocenters. The highest BCUT2D eigenvalue weighted by Gasteiger charge is 2.07. The first-order valence-corrected chi connectivity index (χ1v) is 3.03. The van der Waals surface area contributed by atoms with E-state index in [0.717, 1.165) is 0 Å². The Labute approximate surface area is 60.1 Å². The highest BCUT2D eigenvalue weighted by molar-refractivity contribution is 5.99. The average molecular weight is 138 g/mol. The predicted octanol–water partition coefficient (Wildman–Crippen LogP) is 0.722. The van der Waals surface area contributed by atoms with Crippen molar-refractivity contribution in [1.29, 1.82) is 5.26 Å². The van der Waals surface area contributed by atoms with Gasteiger partial charge in [-0.15, -0.1) is 0 Å². The molecule has 54 valence electrons. The zero-order valence-electron chi connectivity index (χ0n) is 6.14. The fourth-order valence-electron chi connectivity index (χ4n) is 0.547. The van der Waals surface area contributed by atoms with Crippen molar-refractivity contribution in [3.05, 3.63) is 11.3 Å². The van der Waals surface area contributed by atoms with E-state index >= 15 is 0 Å². The quantitative estimate of drug-likeness (QED) is 0.451. The van der Waals surface area contributed by atoms with Gasteiger partial charge in [0.1, 0.15) is 11.6 Å². The molecule has 0 spiro atoms. The van der Waals surface area contributed by atoms with Crippen LogP contribution in [-0.4, -0.2) is 5.78 Å². The fourth-order valence-corrected chi connectivity index (χ4v) is 0.547. The van der Waals surface area contributed by atoms with Gasteiger partial charge < -0.3 is 5.73 Å². The van der Waals surface area contributed by atoms with Crippen LogP contribution in [0.2, 0.25) is 0 Å². The van der Waals surface area contributed by atoms with Crippen LogP contribution in [0.3, 0.4) is 0 Å². The molecule has 0 heterocycles. The van der Waals surface area contributed by atoms with E-state index in [1.807, 2.05) is 0 Å². The highest BCUT2D eigenvalue weighted by Crippen LogP contribution is 2.00. The standard InChI is InChI=1S/C7H10N2O/c1-3-7(10)6(4-8)5(2)9/h3,9H2,1-2H3/b6-5-. The number of hydrogen-bond donors (Lipinski definition) is 1. The van der Waals surface area contributed by atoms with Gasteiger partial charge >= 0.3 is 0 Å². The van der Waals surface area contributed by atoms with Gasteiger partial charge in [0, 0.05) is 12.1 Å². The maximum atomic E-state index is 10.8. The van der Waals surface area contributed by atoms with E-state index in [0.29, 0.717) is 12.1 Å². The van der Waals surface area contributed by atoms with E-state index in [2.05, 4.69) is 0 Å². The molecule has 0 aliphatic heterocycles. The van der Waals surface area contributed by atoms with E-state index in [-0.39, 0.29) is 11.4 Å². The predicted molar refractivity (Wildman–Crippen MR) is 37.8 cm³/mol. The number of nitrogens with zero attached hydrogens (tertiary/aromatic N) is 1. The first-order chi connectivity index (χ1) is 4.63. The van der Waals surface area contributed by atoms with Gasteiger partial charge in [0.2, 0.25) is 0 Å². The van der Waals surface area contributed by atoms with Gasteiger partial charge in [-0.1, -0.05) is 6.92 Å². The van der Waals surface area contributed by atoms with Crippen LogP contribution in [0.5, 0.6) is 0 Å². The molecule has 3 nitrogen and oxygen atoms in total. The lowest BCUT2D eigenvalue weighted by molar-refractivity contribution is -0.114. The summed E-state index contributed by atoms with van der Waals surface area (Å²) < 4.78 is 0. The highest BCUT2D eigenvalue weighted by atomic mass is 16.1. The number of hydrogen-bond acceptors (Lipinski definition) is 3. The molecule has 0 aliphatic rings. The van der Waals surface area contributed by atoms with E-state index < -0.39 is 0 Å². The molecule has 0 aliphatic carbocycles. The van der Waals surface area contributed by atoms with Gasteiger partial charge in [0.15, 0.2) is 5.78 Å². The molecule has 3 heteroatoms. The maximum Gasteiger partial charge on any atom is 0.174 e. The van der Waals surface area contributed by atoms with Crippen molar-refractivity contribution in [2.75, 3.05) is 0 Å². The van der Waals surface area contributed by atoms with Crippen LogP contribution in [0.4, 0.5) is 0 Å². The second kappa shape index (κ2) is 3.67. The summed E-state index contributed by atoms with van der Waals surface area (Å²) in [5, 5.41) is 8.39. The second-order valence-corrected chi connectivity index (χ2v) is 1.95. The summed E-state index contributed by atoms with van der Waals surface area (Å²) in [6, 6.07) is 1.76. The van der Waals surface area contributed by atoms with Gasteiger partial charge in [0.25, 0.3) is 0 Å². The van der Waals surface area contributed by atoms with Crippen LogP contribution < -0.4 is 5.73 Å². The lowest BCUT2D eigenvalue weighted by atomic mass is 10.1. The number of rotatable bonds is 2. The minimum atomic E-state index is -0.192. The van der Waals surface area contributed by atoms with Gasteiger partial charge in [-0.05, 0) is 6.92 Å². The fraction of sp³-hybridized carbons (Fsp3) is 0.429. The van der Waals surface area contributed by atoms with Crippen LogP contribution in [-0.2, 0) is 4.79 Å². The van der Waals surface area contributed by atoms with Crippen LogP contribution in [0.25, 0.3) is 0 Å². The van der Waals surface area contributed by atoms with Gasteiger partial charge in [0.05, 0.1) is 0 Å². The molecule has 0 bridgehead atoms. The monoisotopic (exact) mass is 138 g/mol. The summed E-state index contributed by atoms with van der Waals surface area (Å²) in [7, 11) is 0. The van der Waals surface area contributed by atoms with Crippen LogP contribution in [0, 0.1) is 11.3 Å². The largest absolute Gasteiger partial charge is 0.401 e. The molecule has 0 aromatic rings. The molecular formula is C7H10N2O. The molecule has 0 unspecified atom stereocenters. The minimum absolute atomic E-state index is 0.0856. The number of allylic oxidation sites excluding steroid dienone is 2. The Morgan fingerprint density at radius 1 is 1.70 bits per heavy atom. The minimum Gasteiger partial charge on any atom is -0.401 e. The Balaban J connectivity index is 4.59. The zero-order valence-corrected chi connectivity index (χ0v) is 6.14. The molecular weight excluding hydrogens is 128 g/mol. The van der Waals surface area contributed by atoms with Crippen LogP contribution in [0.1, 0.15) is 20.3 Å². The topological polar surface area (TPSA) is 66.9 Å². The van der Waals surface area contributed by atoms with Crippen LogP contribution >= 0.6 is 0 Å². The molecule has 0 rings (SSSR count).